The minimum atomic E-state index is 1.05. The van der Waals surface area contributed by atoms with Crippen molar-refractivity contribution in [2.24, 2.45) is 0 Å². The van der Waals surface area contributed by atoms with Gasteiger partial charge in [-0.1, -0.05) is 0 Å². The zero-order valence-corrected chi connectivity index (χ0v) is 12.5. The quantitative estimate of drug-likeness (QED) is 0.641. The standard InChI is InChI=1S/2C6H10N2.2CN/c2*1-3-8-5-4-7-6(8)2;2*1-2/h2*4-5H,3H2,1-2H3;;/q;;2*-1/p+2. The Morgan fingerprint density at radius 2 is 1.15 bits per heavy atom. The Morgan fingerprint density at radius 3 is 1.25 bits per heavy atom. The van der Waals surface area contributed by atoms with Gasteiger partial charge in [-0.3, -0.25) is 0 Å². The van der Waals surface area contributed by atoms with E-state index in [-0.39, 0.29) is 0 Å². The molecule has 108 valence electrons. The molecule has 2 aromatic heterocycles. The summed E-state index contributed by atoms with van der Waals surface area (Å²) in [5.41, 5.74) is 0. The average Bonchev–Trinajstić information content (AvgIpc) is 3.11. The van der Waals surface area contributed by atoms with Gasteiger partial charge in [0.2, 0.25) is 0 Å². The van der Waals surface area contributed by atoms with E-state index in [1.54, 1.807) is 0 Å². The third-order valence-electron chi connectivity index (χ3n) is 2.64. The first-order valence-corrected chi connectivity index (χ1v) is 6.20. The van der Waals surface area contributed by atoms with Crippen molar-refractivity contribution in [2.75, 3.05) is 0 Å². The highest BCUT2D eigenvalue weighted by atomic mass is 15.0. The lowest BCUT2D eigenvalue weighted by molar-refractivity contribution is -0.698. The summed E-state index contributed by atoms with van der Waals surface area (Å²) >= 11 is 0. The summed E-state index contributed by atoms with van der Waals surface area (Å²) in [6, 6.07) is 0. The molecule has 0 saturated heterocycles. The van der Waals surface area contributed by atoms with Crippen molar-refractivity contribution in [3.8, 4) is 0 Å². The van der Waals surface area contributed by atoms with Crippen molar-refractivity contribution in [2.45, 2.75) is 40.8 Å². The molecule has 6 heteroatoms. The van der Waals surface area contributed by atoms with Gasteiger partial charge in [0.15, 0.2) is 0 Å². The maximum Gasteiger partial charge on any atom is 0.250 e. The molecule has 2 heterocycles. The van der Waals surface area contributed by atoms with Crippen molar-refractivity contribution >= 4 is 0 Å². The first-order chi connectivity index (χ1) is 9.69. The molecule has 0 bridgehead atoms. The Kier molecular flexibility index (Phi) is 12.7. The molecule has 0 aliphatic rings. The van der Waals surface area contributed by atoms with Gasteiger partial charge in [-0.05, 0) is 13.8 Å². The molecule has 0 spiro atoms. The van der Waals surface area contributed by atoms with Crippen LogP contribution >= 0.6 is 0 Å². The highest BCUT2D eigenvalue weighted by Gasteiger charge is 1.98. The molecule has 0 aliphatic heterocycles. The van der Waals surface area contributed by atoms with E-state index in [0.717, 1.165) is 13.1 Å². The molecule has 0 saturated carbocycles. The molecule has 20 heavy (non-hydrogen) atoms. The average molecular weight is 274 g/mol. The molecule has 2 aromatic rings. The molecule has 2 N–H and O–H groups in total. The zero-order chi connectivity index (χ0) is 16.0. The van der Waals surface area contributed by atoms with Gasteiger partial charge in [-0.2, -0.15) is 0 Å². The van der Waals surface area contributed by atoms with Gasteiger partial charge in [0.1, 0.15) is 24.8 Å². The molecule has 2 rings (SSSR count). The SMILES string of the molecule is CC[n+]1cc[nH]c1C.CC[n+]1cc[nH]c1C.[C-]#N.[C-]#N. The predicted molar refractivity (Wildman–Crippen MR) is 72.7 cm³/mol. The smallest absolute Gasteiger partial charge is 0.250 e. The number of hydrogen-bond donors (Lipinski definition) is 2. The maximum absolute atomic E-state index is 6.25. The minimum Gasteiger partial charge on any atom is -0.512 e. The minimum absolute atomic E-state index is 1.05. The number of nitrogens with one attached hydrogen (secondary N) is 2. The van der Waals surface area contributed by atoms with E-state index in [2.05, 4.69) is 46.8 Å². The number of aromatic nitrogens is 4. The first kappa shape index (κ1) is 19.7. The molecule has 0 unspecified atom stereocenters. The summed E-state index contributed by atoms with van der Waals surface area (Å²) in [5, 5.41) is 12.5. The molecule has 0 atom stereocenters. The van der Waals surface area contributed by atoms with Crippen LogP contribution in [0.3, 0.4) is 0 Å². The summed E-state index contributed by atoms with van der Waals surface area (Å²) in [6.45, 7) is 20.0. The van der Waals surface area contributed by atoms with Crippen LogP contribution in [0.15, 0.2) is 24.8 Å². The third kappa shape index (κ3) is 6.97. The summed E-state index contributed by atoms with van der Waals surface area (Å²) < 4.78 is 4.31. The summed E-state index contributed by atoms with van der Waals surface area (Å²) in [7, 11) is 0. The van der Waals surface area contributed by atoms with Gasteiger partial charge in [-0.25, -0.2) is 19.1 Å². The van der Waals surface area contributed by atoms with Gasteiger partial charge in [0, 0.05) is 13.8 Å². The van der Waals surface area contributed by atoms with Gasteiger partial charge in [0.25, 0.3) is 11.6 Å². The largest absolute Gasteiger partial charge is 0.512 e. The number of aryl methyl sites for hydroxylation is 4. The fourth-order valence-electron chi connectivity index (χ4n) is 1.57. The Labute approximate surface area is 120 Å². The number of nitrogens with zero attached hydrogens (tertiary/aromatic N) is 4. The van der Waals surface area contributed by atoms with Gasteiger partial charge >= 0.3 is 0 Å². The van der Waals surface area contributed by atoms with E-state index >= 15 is 0 Å². The van der Waals surface area contributed by atoms with Crippen LogP contribution in [0, 0.1) is 37.5 Å². The van der Waals surface area contributed by atoms with Crippen LogP contribution < -0.4 is 9.13 Å². The fraction of sp³-hybridized carbons (Fsp3) is 0.429. The van der Waals surface area contributed by atoms with Crippen LogP contribution in [0.4, 0.5) is 0 Å². The van der Waals surface area contributed by atoms with Crippen LogP contribution in [0.25, 0.3) is 0 Å². The second kappa shape index (κ2) is 12.8. The van der Waals surface area contributed by atoms with E-state index in [1.807, 2.05) is 24.8 Å². The fourth-order valence-corrected chi connectivity index (χ4v) is 1.57. The lowest BCUT2D eigenvalue weighted by atomic mass is 10.6. The van der Waals surface area contributed by atoms with Crippen LogP contribution in [-0.2, 0) is 13.1 Å². The lowest BCUT2D eigenvalue weighted by Gasteiger charge is -1.86. The van der Waals surface area contributed by atoms with Crippen molar-refractivity contribution < 1.29 is 9.13 Å². The van der Waals surface area contributed by atoms with Crippen LogP contribution in [-0.4, -0.2) is 9.97 Å². The monoisotopic (exact) mass is 274 g/mol. The van der Waals surface area contributed by atoms with Crippen molar-refractivity contribution in [3.05, 3.63) is 49.6 Å². The number of rotatable bonds is 2. The Morgan fingerprint density at radius 1 is 0.850 bits per heavy atom. The summed E-state index contributed by atoms with van der Waals surface area (Å²) in [5.74, 6) is 2.43. The van der Waals surface area contributed by atoms with Crippen molar-refractivity contribution in [1.29, 1.82) is 10.5 Å². The highest BCUT2D eigenvalue weighted by Crippen LogP contribution is 1.79. The second-order valence-corrected chi connectivity index (χ2v) is 3.66. The van der Waals surface area contributed by atoms with E-state index in [9.17, 15) is 0 Å². The molecule has 0 fully saturated rings. The molecular weight excluding hydrogens is 252 g/mol. The van der Waals surface area contributed by atoms with Gasteiger partial charge < -0.3 is 23.7 Å². The molecule has 0 aliphatic carbocycles. The molecule has 0 amide bonds. The van der Waals surface area contributed by atoms with E-state index in [0.29, 0.717) is 0 Å². The lowest BCUT2D eigenvalue weighted by Crippen LogP contribution is -2.32. The molecule has 0 aromatic carbocycles. The Balaban J connectivity index is 0. The van der Waals surface area contributed by atoms with Crippen molar-refractivity contribution in [3.63, 3.8) is 0 Å². The molecule has 0 radical (unpaired) electrons. The van der Waals surface area contributed by atoms with Crippen LogP contribution in [0.2, 0.25) is 0 Å². The third-order valence-corrected chi connectivity index (χ3v) is 2.64. The predicted octanol–water partition coefficient (Wildman–Crippen LogP) is 1.45. The number of imidazole rings is 2. The zero-order valence-electron chi connectivity index (χ0n) is 12.5. The maximum atomic E-state index is 6.25. The van der Waals surface area contributed by atoms with E-state index < -0.39 is 0 Å². The summed E-state index contributed by atoms with van der Waals surface area (Å²) in [6.07, 6.45) is 7.96. The molecule has 6 nitrogen and oxygen atoms in total. The van der Waals surface area contributed by atoms with Crippen molar-refractivity contribution in [1.82, 2.24) is 9.97 Å². The Hall–Kier alpha value is -2.60. The normalized spacial score (nSPS) is 8.00. The topological polar surface area (TPSA) is 86.9 Å². The van der Waals surface area contributed by atoms with Crippen LogP contribution in [0.5, 0.6) is 0 Å². The Bertz CT molecular complexity index is 445. The number of H-pyrrole nitrogens is 2. The van der Waals surface area contributed by atoms with Gasteiger partial charge in [-0.15, -0.1) is 0 Å². The highest BCUT2D eigenvalue weighted by molar-refractivity contribution is 4.70. The first-order valence-electron chi connectivity index (χ1n) is 6.20. The van der Waals surface area contributed by atoms with E-state index in [1.165, 1.54) is 11.6 Å². The van der Waals surface area contributed by atoms with E-state index in [4.69, 9.17) is 23.7 Å². The van der Waals surface area contributed by atoms with Crippen LogP contribution in [0.1, 0.15) is 25.5 Å². The number of aromatic amines is 2. The summed E-state index contributed by atoms with van der Waals surface area (Å²) in [4.78, 5) is 6.16. The second-order valence-electron chi connectivity index (χ2n) is 3.66. The molecular formula is C14H22N6. The number of hydrogen-bond acceptors (Lipinski definition) is 2. The van der Waals surface area contributed by atoms with Gasteiger partial charge in [0.05, 0.1) is 13.1 Å².